The number of aromatic nitrogens is 1. The zero-order valence-corrected chi connectivity index (χ0v) is 20.5. The maximum atomic E-state index is 12.9. The molecule has 0 radical (unpaired) electrons. The minimum absolute atomic E-state index is 0.0541. The lowest BCUT2D eigenvalue weighted by molar-refractivity contribution is -0.137. The number of alkyl halides is 3. The smallest absolute Gasteiger partial charge is 0.350 e. The molecule has 3 saturated heterocycles. The zero-order valence-electron chi connectivity index (χ0n) is 18.9. The molecule has 2 atom stereocenters. The van der Waals surface area contributed by atoms with Crippen LogP contribution in [-0.4, -0.2) is 91.1 Å². The topological polar surface area (TPSA) is 115 Å². The molecule has 0 aromatic carbocycles. The van der Waals surface area contributed by atoms with Crippen LogP contribution in [-0.2, 0) is 21.0 Å². The Kier molecular flexibility index (Phi) is 7.19. The van der Waals surface area contributed by atoms with Gasteiger partial charge in [-0.25, -0.2) is 22.5 Å². The van der Waals surface area contributed by atoms with E-state index in [2.05, 4.69) is 15.2 Å². The Balaban J connectivity index is 1.34. The lowest BCUT2D eigenvalue weighted by Crippen LogP contribution is -2.61. The number of piperazine rings is 1. The van der Waals surface area contributed by atoms with Crippen LogP contribution in [0.25, 0.3) is 0 Å². The van der Waals surface area contributed by atoms with Crippen molar-refractivity contribution >= 4 is 39.4 Å². The van der Waals surface area contributed by atoms with E-state index in [4.69, 9.17) is 11.6 Å². The summed E-state index contributed by atoms with van der Waals surface area (Å²) in [6.45, 7) is 3.95. The summed E-state index contributed by atoms with van der Waals surface area (Å²) in [5.41, 5.74) is -0.896. The van der Waals surface area contributed by atoms with Crippen LogP contribution >= 0.6 is 11.6 Å². The van der Waals surface area contributed by atoms with Crippen molar-refractivity contribution in [3.05, 3.63) is 22.8 Å². The number of anilines is 1. The van der Waals surface area contributed by atoms with Crippen molar-refractivity contribution in [3.63, 3.8) is 0 Å². The monoisotopic (exact) mass is 538 g/mol. The molecule has 0 aliphatic carbocycles. The highest BCUT2D eigenvalue weighted by Crippen LogP contribution is 2.35. The predicted molar refractivity (Wildman–Crippen MR) is 121 cm³/mol. The molecule has 3 fully saturated rings. The average Bonchev–Trinajstić information content (AvgIpc) is 2.78. The van der Waals surface area contributed by atoms with E-state index in [1.165, 1.54) is 4.31 Å². The number of carbonyl (C=O) groups is 2. The second-order valence-electron chi connectivity index (χ2n) is 8.93. The third-order valence-electron chi connectivity index (χ3n) is 6.72. The van der Waals surface area contributed by atoms with Gasteiger partial charge in [0.2, 0.25) is 15.9 Å². The van der Waals surface area contributed by atoms with Gasteiger partial charge in [-0.15, -0.1) is 0 Å². The summed E-state index contributed by atoms with van der Waals surface area (Å²) in [5, 5.41) is 2.94. The SMILES string of the molecule is CC1CN(C2CCN(S(=O)(=O)C3CNC(=O)NC3=O)CC2)CCN1c1ncc(C(F)(F)F)cc1Cl. The minimum Gasteiger partial charge on any atom is -0.350 e. The summed E-state index contributed by atoms with van der Waals surface area (Å²) in [7, 11) is -3.91. The molecule has 3 amide bonds. The summed E-state index contributed by atoms with van der Waals surface area (Å²) in [5.74, 6) is -0.512. The number of piperidine rings is 1. The van der Waals surface area contributed by atoms with Gasteiger partial charge in [0.05, 0.1) is 10.6 Å². The molecule has 35 heavy (non-hydrogen) atoms. The molecule has 0 spiro atoms. The van der Waals surface area contributed by atoms with Gasteiger partial charge in [0.25, 0.3) is 0 Å². The van der Waals surface area contributed by atoms with Crippen molar-refractivity contribution in [2.24, 2.45) is 0 Å². The molecule has 2 unspecified atom stereocenters. The van der Waals surface area contributed by atoms with Gasteiger partial charge in [-0.2, -0.15) is 13.2 Å². The van der Waals surface area contributed by atoms with Crippen LogP contribution in [0.4, 0.5) is 23.8 Å². The van der Waals surface area contributed by atoms with Crippen molar-refractivity contribution < 1.29 is 31.2 Å². The third-order valence-corrected chi connectivity index (χ3v) is 9.18. The summed E-state index contributed by atoms with van der Waals surface area (Å²) in [6, 6.07) is 0.238. The Labute approximate surface area is 205 Å². The molecule has 3 aliphatic heterocycles. The number of amides is 3. The molecule has 3 aliphatic rings. The first-order chi connectivity index (χ1) is 16.4. The normalized spacial score (nSPS) is 25.9. The molecule has 1 aromatic heterocycles. The number of pyridine rings is 1. The summed E-state index contributed by atoms with van der Waals surface area (Å²) in [6.07, 6.45) is -2.58. The molecule has 2 N–H and O–H groups in total. The fourth-order valence-corrected chi connectivity index (χ4v) is 6.80. The molecular weight excluding hydrogens is 513 g/mol. The number of rotatable bonds is 4. The fourth-order valence-electron chi connectivity index (χ4n) is 4.83. The lowest BCUT2D eigenvalue weighted by Gasteiger charge is -2.46. The maximum absolute atomic E-state index is 12.9. The summed E-state index contributed by atoms with van der Waals surface area (Å²) >= 11 is 6.13. The number of hydrogen-bond acceptors (Lipinski definition) is 7. The van der Waals surface area contributed by atoms with Crippen molar-refractivity contribution in [2.75, 3.05) is 44.2 Å². The van der Waals surface area contributed by atoms with Crippen molar-refractivity contribution in [1.82, 2.24) is 24.8 Å². The zero-order chi connectivity index (χ0) is 25.5. The Hall–Kier alpha value is -2.16. The van der Waals surface area contributed by atoms with Gasteiger partial charge in [0.15, 0.2) is 5.25 Å². The number of carbonyl (C=O) groups excluding carboxylic acids is 2. The van der Waals surface area contributed by atoms with Crippen LogP contribution < -0.4 is 15.5 Å². The Morgan fingerprint density at radius 1 is 1.14 bits per heavy atom. The van der Waals surface area contributed by atoms with Crippen LogP contribution in [0.5, 0.6) is 0 Å². The number of imide groups is 1. The molecule has 10 nitrogen and oxygen atoms in total. The highest BCUT2D eigenvalue weighted by Gasteiger charge is 2.43. The van der Waals surface area contributed by atoms with Gasteiger partial charge in [0.1, 0.15) is 5.82 Å². The molecule has 0 saturated carbocycles. The van der Waals surface area contributed by atoms with Gasteiger partial charge < -0.3 is 10.2 Å². The van der Waals surface area contributed by atoms with Gasteiger partial charge >= 0.3 is 12.2 Å². The van der Waals surface area contributed by atoms with Crippen LogP contribution in [0, 0.1) is 0 Å². The molecule has 0 bridgehead atoms. The second-order valence-corrected chi connectivity index (χ2v) is 11.5. The van der Waals surface area contributed by atoms with Gasteiger partial charge in [-0.05, 0) is 25.8 Å². The van der Waals surface area contributed by atoms with E-state index < -0.39 is 39.0 Å². The van der Waals surface area contributed by atoms with E-state index in [0.717, 1.165) is 12.3 Å². The van der Waals surface area contributed by atoms with E-state index in [9.17, 15) is 31.2 Å². The van der Waals surface area contributed by atoms with Crippen LogP contribution in [0.15, 0.2) is 12.3 Å². The number of halogens is 4. The minimum atomic E-state index is -4.52. The largest absolute Gasteiger partial charge is 0.417 e. The third kappa shape index (κ3) is 5.34. The van der Waals surface area contributed by atoms with Crippen molar-refractivity contribution in [2.45, 2.75) is 43.3 Å². The van der Waals surface area contributed by atoms with Crippen molar-refractivity contribution in [3.8, 4) is 0 Å². The van der Waals surface area contributed by atoms with Gasteiger partial charge in [0, 0.05) is 57.5 Å². The first-order valence-electron chi connectivity index (χ1n) is 11.2. The number of urea groups is 1. The molecule has 4 rings (SSSR count). The van der Waals surface area contributed by atoms with Crippen molar-refractivity contribution in [1.29, 1.82) is 0 Å². The molecular formula is C20H26ClF3N6O4S. The van der Waals surface area contributed by atoms with Gasteiger partial charge in [-0.1, -0.05) is 11.6 Å². The Morgan fingerprint density at radius 3 is 2.40 bits per heavy atom. The quantitative estimate of drug-likeness (QED) is 0.593. The number of hydrogen-bond donors (Lipinski definition) is 2. The first kappa shape index (κ1) is 25.9. The highest BCUT2D eigenvalue weighted by molar-refractivity contribution is 7.90. The van der Waals surface area contributed by atoms with E-state index in [1.807, 2.05) is 17.1 Å². The maximum Gasteiger partial charge on any atom is 0.417 e. The highest BCUT2D eigenvalue weighted by atomic mass is 35.5. The van der Waals surface area contributed by atoms with Crippen LogP contribution in [0.1, 0.15) is 25.3 Å². The first-order valence-corrected chi connectivity index (χ1v) is 13.1. The number of nitrogens with zero attached hydrogens (tertiary/aromatic N) is 4. The second kappa shape index (κ2) is 9.71. The lowest BCUT2D eigenvalue weighted by atomic mass is 10.0. The Morgan fingerprint density at radius 2 is 1.83 bits per heavy atom. The van der Waals surface area contributed by atoms with E-state index in [-0.39, 0.29) is 36.7 Å². The average molecular weight is 539 g/mol. The number of sulfonamides is 1. The van der Waals surface area contributed by atoms with Gasteiger partial charge in [-0.3, -0.25) is 15.0 Å². The predicted octanol–water partition coefficient (Wildman–Crippen LogP) is 1.27. The standard InChI is InChI=1S/C20H26ClF3N6O4S/c1-12-11-28(6-7-30(12)17-15(21)8-13(9-25-17)20(22,23)24)14-2-4-29(5-3-14)35(33,34)16-10-26-19(32)27-18(16)31/h8-9,12,14,16H,2-7,10-11H2,1H3,(H2,26,27,31,32). The molecule has 15 heteroatoms. The van der Waals surface area contributed by atoms with Crippen LogP contribution in [0.3, 0.4) is 0 Å². The molecule has 1 aromatic rings. The molecule has 194 valence electrons. The molecule has 4 heterocycles. The fraction of sp³-hybridized carbons (Fsp3) is 0.650. The summed E-state index contributed by atoms with van der Waals surface area (Å²) in [4.78, 5) is 31.4. The number of nitrogens with one attached hydrogen (secondary N) is 2. The van der Waals surface area contributed by atoms with E-state index in [0.29, 0.717) is 38.3 Å². The summed E-state index contributed by atoms with van der Waals surface area (Å²) < 4.78 is 65.9. The van der Waals surface area contributed by atoms with E-state index in [1.54, 1.807) is 0 Å². The van der Waals surface area contributed by atoms with E-state index >= 15 is 0 Å². The van der Waals surface area contributed by atoms with Crippen LogP contribution in [0.2, 0.25) is 5.02 Å². The Bertz CT molecular complexity index is 1100.